The second-order valence-electron chi connectivity index (χ2n) is 3.09. The van der Waals surface area contributed by atoms with Gasteiger partial charge in [-0.05, 0) is 20.8 Å². The molecule has 0 aromatic carbocycles. The molecular weight excluding hydrogens is 142 g/mol. The van der Waals surface area contributed by atoms with Crippen LogP contribution in [0.15, 0.2) is 0 Å². The first kappa shape index (κ1) is 9.96. The lowest BCUT2D eigenvalue weighted by Gasteiger charge is -2.23. The molecule has 0 aliphatic heterocycles. The predicted molar refractivity (Wildman–Crippen MR) is 40.6 cm³/mol. The van der Waals surface area contributed by atoms with Gasteiger partial charge in [-0.3, -0.25) is 4.79 Å². The van der Waals surface area contributed by atoms with Crippen molar-refractivity contribution in [1.82, 2.24) is 0 Å². The third-order valence-corrected chi connectivity index (χ3v) is 1.65. The number of carbonyl (C=O) groups excluding carboxylic acids is 1. The Morgan fingerprint density at radius 1 is 1.64 bits per heavy atom. The van der Waals surface area contributed by atoms with E-state index in [-0.39, 0.29) is 12.1 Å². The fourth-order valence-corrected chi connectivity index (χ4v) is 0.487. The SMILES string of the molecule is CC(=O)OC(C)C(C)(C)C#N. The number of ether oxygens (including phenoxy) is 1. The minimum absolute atomic E-state index is 0.346. The van der Waals surface area contributed by atoms with Gasteiger partial charge in [0.1, 0.15) is 6.10 Å². The number of carbonyl (C=O) groups is 1. The van der Waals surface area contributed by atoms with E-state index in [1.54, 1.807) is 20.8 Å². The summed E-state index contributed by atoms with van der Waals surface area (Å²) in [5.74, 6) is -0.346. The number of rotatable bonds is 2. The van der Waals surface area contributed by atoms with Crippen molar-refractivity contribution in [2.45, 2.75) is 33.8 Å². The molecule has 1 atom stereocenters. The van der Waals surface area contributed by atoms with Crippen LogP contribution in [-0.4, -0.2) is 12.1 Å². The van der Waals surface area contributed by atoms with E-state index in [9.17, 15) is 4.79 Å². The maximum atomic E-state index is 10.5. The second kappa shape index (κ2) is 3.38. The van der Waals surface area contributed by atoms with Gasteiger partial charge in [0.2, 0.25) is 0 Å². The van der Waals surface area contributed by atoms with Gasteiger partial charge in [-0.25, -0.2) is 0 Å². The van der Waals surface area contributed by atoms with Crippen molar-refractivity contribution in [3.05, 3.63) is 0 Å². The smallest absolute Gasteiger partial charge is 0.302 e. The summed E-state index contributed by atoms with van der Waals surface area (Å²) < 4.78 is 4.84. The molecule has 3 nitrogen and oxygen atoms in total. The normalized spacial score (nSPS) is 13.4. The van der Waals surface area contributed by atoms with Gasteiger partial charge >= 0.3 is 5.97 Å². The molecule has 0 aromatic rings. The Morgan fingerprint density at radius 3 is 2.36 bits per heavy atom. The Kier molecular flexibility index (Phi) is 3.06. The topological polar surface area (TPSA) is 50.1 Å². The maximum absolute atomic E-state index is 10.5. The van der Waals surface area contributed by atoms with Gasteiger partial charge in [0, 0.05) is 6.92 Å². The van der Waals surface area contributed by atoms with Crippen molar-refractivity contribution in [1.29, 1.82) is 5.26 Å². The first-order chi connectivity index (χ1) is 4.90. The molecule has 1 unspecified atom stereocenters. The quantitative estimate of drug-likeness (QED) is 0.567. The summed E-state index contributed by atoms with van der Waals surface area (Å²) in [5, 5.41) is 8.64. The van der Waals surface area contributed by atoms with E-state index in [0.717, 1.165) is 0 Å². The molecular formula is C8H13NO2. The molecule has 0 bridgehead atoms. The van der Waals surface area contributed by atoms with E-state index in [1.807, 2.05) is 0 Å². The Balaban J connectivity index is 4.15. The zero-order valence-electron chi connectivity index (χ0n) is 7.34. The molecule has 0 aliphatic rings. The van der Waals surface area contributed by atoms with Crippen LogP contribution in [0.3, 0.4) is 0 Å². The maximum Gasteiger partial charge on any atom is 0.302 e. The first-order valence-electron chi connectivity index (χ1n) is 3.48. The van der Waals surface area contributed by atoms with Crippen LogP contribution in [0.5, 0.6) is 0 Å². The van der Waals surface area contributed by atoms with E-state index >= 15 is 0 Å². The Bertz CT molecular complexity index is 191. The fraction of sp³-hybridized carbons (Fsp3) is 0.750. The lowest BCUT2D eigenvalue weighted by molar-refractivity contribution is -0.149. The average Bonchev–Trinajstić information content (AvgIpc) is 1.86. The molecule has 0 aromatic heterocycles. The van der Waals surface area contributed by atoms with Crippen LogP contribution in [0.4, 0.5) is 0 Å². The molecule has 0 saturated heterocycles. The van der Waals surface area contributed by atoms with Crippen molar-refractivity contribution < 1.29 is 9.53 Å². The largest absolute Gasteiger partial charge is 0.461 e. The van der Waals surface area contributed by atoms with Crippen LogP contribution in [0.25, 0.3) is 0 Å². The van der Waals surface area contributed by atoms with Gasteiger partial charge in [0.05, 0.1) is 11.5 Å². The molecule has 0 aliphatic carbocycles. The predicted octanol–water partition coefficient (Wildman–Crippen LogP) is 1.49. The Labute approximate surface area is 67.0 Å². The minimum atomic E-state index is -0.605. The summed E-state index contributed by atoms with van der Waals surface area (Å²) in [6, 6.07) is 2.07. The highest BCUT2D eigenvalue weighted by molar-refractivity contribution is 5.66. The number of hydrogen-bond acceptors (Lipinski definition) is 3. The van der Waals surface area contributed by atoms with Crippen LogP contribution in [0, 0.1) is 16.7 Å². The number of hydrogen-bond donors (Lipinski definition) is 0. The summed E-state index contributed by atoms with van der Waals surface area (Å²) in [7, 11) is 0. The van der Waals surface area contributed by atoms with Gasteiger partial charge in [-0.1, -0.05) is 0 Å². The molecule has 0 saturated carbocycles. The summed E-state index contributed by atoms with van der Waals surface area (Å²) in [4.78, 5) is 10.5. The zero-order chi connectivity index (χ0) is 9.07. The number of nitriles is 1. The molecule has 11 heavy (non-hydrogen) atoms. The van der Waals surface area contributed by atoms with Gasteiger partial charge in [0.25, 0.3) is 0 Å². The highest BCUT2D eigenvalue weighted by Gasteiger charge is 2.27. The van der Waals surface area contributed by atoms with Gasteiger partial charge in [-0.2, -0.15) is 5.26 Å². The van der Waals surface area contributed by atoms with Crippen LogP contribution in [0.1, 0.15) is 27.7 Å². The molecule has 62 valence electrons. The highest BCUT2D eigenvalue weighted by atomic mass is 16.5. The van der Waals surface area contributed by atoms with Crippen LogP contribution in [-0.2, 0) is 9.53 Å². The first-order valence-corrected chi connectivity index (χ1v) is 3.48. The van der Waals surface area contributed by atoms with Gasteiger partial charge in [0.15, 0.2) is 0 Å². The third-order valence-electron chi connectivity index (χ3n) is 1.65. The van der Waals surface area contributed by atoms with Crippen LogP contribution >= 0.6 is 0 Å². The van der Waals surface area contributed by atoms with Gasteiger partial charge < -0.3 is 4.74 Å². The molecule has 0 radical (unpaired) electrons. The van der Waals surface area contributed by atoms with E-state index < -0.39 is 5.41 Å². The standard InChI is InChI=1S/C8H13NO2/c1-6(11-7(2)10)8(3,4)5-9/h6H,1-4H3. The molecule has 0 heterocycles. The molecule has 0 rings (SSSR count). The summed E-state index contributed by atoms with van der Waals surface area (Å²) >= 11 is 0. The third kappa shape index (κ3) is 3.03. The van der Waals surface area contributed by atoms with E-state index in [0.29, 0.717) is 0 Å². The number of esters is 1. The minimum Gasteiger partial charge on any atom is -0.461 e. The van der Waals surface area contributed by atoms with Crippen molar-refractivity contribution >= 4 is 5.97 Å². The average molecular weight is 155 g/mol. The second-order valence-corrected chi connectivity index (χ2v) is 3.09. The van der Waals surface area contributed by atoms with E-state index in [1.165, 1.54) is 6.92 Å². The monoisotopic (exact) mass is 155 g/mol. The summed E-state index contributed by atoms with van der Waals surface area (Å²) in [5.41, 5.74) is -0.605. The van der Waals surface area contributed by atoms with Crippen molar-refractivity contribution in [3.63, 3.8) is 0 Å². The van der Waals surface area contributed by atoms with E-state index in [2.05, 4.69) is 6.07 Å². The lowest BCUT2D eigenvalue weighted by atomic mass is 9.89. The van der Waals surface area contributed by atoms with Crippen LogP contribution in [0.2, 0.25) is 0 Å². The fourth-order valence-electron chi connectivity index (χ4n) is 0.487. The van der Waals surface area contributed by atoms with E-state index in [4.69, 9.17) is 10.00 Å². The van der Waals surface area contributed by atoms with Gasteiger partial charge in [-0.15, -0.1) is 0 Å². The highest BCUT2D eigenvalue weighted by Crippen LogP contribution is 2.21. The summed E-state index contributed by atoms with van der Waals surface area (Å²) in [6.45, 7) is 6.52. The lowest BCUT2D eigenvalue weighted by Crippen LogP contribution is -2.29. The zero-order valence-corrected chi connectivity index (χ0v) is 7.34. The molecule has 3 heteroatoms. The molecule has 0 fully saturated rings. The molecule has 0 amide bonds. The molecule has 0 spiro atoms. The van der Waals surface area contributed by atoms with Crippen molar-refractivity contribution in [2.24, 2.45) is 5.41 Å². The number of nitrogens with zero attached hydrogens (tertiary/aromatic N) is 1. The van der Waals surface area contributed by atoms with Crippen molar-refractivity contribution in [3.8, 4) is 6.07 Å². The summed E-state index contributed by atoms with van der Waals surface area (Å²) in [6.07, 6.45) is -0.356. The van der Waals surface area contributed by atoms with Crippen molar-refractivity contribution in [2.75, 3.05) is 0 Å². The molecule has 0 N–H and O–H groups in total. The Hall–Kier alpha value is -1.04. The Morgan fingerprint density at radius 2 is 2.09 bits per heavy atom. The van der Waals surface area contributed by atoms with Crippen LogP contribution < -0.4 is 0 Å².